The molecule has 0 atom stereocenters. The Morgan fingerprint density at radius 3 is 2.53 bits per heavy atom. The number of anilines is 1. The number of nitrogens with zero attached hydrogens (tertiary/aromatic N) is 5. The molecule has 0 saturated carbocycles. The molecule has 4 aromatic carbocycles. The van der Waals surface area contributed by atoms with Gasteiger partial charge < -0.3 is 14.3 Å². The van der Waals surface area contributed by atoms with Crippen molar-refractivity contribution in [2.45, 2.75) is 19.8 Å². The number of aromatic nitrogens is 3. The Bertz CT molecular complexity index is 1950. The predicted molar refractivity (Wildman–Crippen MR) is 166 cm³/mol. The van der Waals surface area contributed by atoms with Crippen molar-refractivity contribution in [3.8, 4) is 11.3 Å². The van der Waals surface area contributed by atoms with E-state index in [1.165, 1.54) is 17.7 Å². The first-order chi connectivity index (χ1) is 21.0. The van der Waals surface area contributed by atoms with Crippen molar-refractivity contribution in [3.05, 3.63) is 119 Å². The van der Waals surface area contributed by atoms with Gasteiger partial charge in [-0.05, 0) is 53.9 Å². The van der Waals surface area contributed by atoms with Gasteiger partial charge in [-0.3, -0.25) is 4.79 Å². The molecule has 3 heterocycles. The lowest BCUT2D eigenvalue weighted by Crippen LogP contribution is -2.35. The average Bonchev–Trinajstić information content (AvgIpc) is 3.30. The zero-order valence-electron chi connectivity index (χ0n) is 23.8. The normalized spacial score (nSPS) is 13.9. The van der Waals surface area contributed by atoms with Gasteiger partial charge in [-0.15, -0.1) is 0 Å². The number of benzene rings is 4. The van der Waals surface area contributed by atoms with Crippen LogP contribution >= 0.6 is 0 Å². The lowest BCUT2D eigenvalue weighted by atomic mass is 10.0. The number of aryl methyl sites for hydroxylation is 1. The highest BCUT2D eigenvalue weighted by molar-refractivity contribution is 6.00. The molecule has 0 bridgehead atoms. The number of hydrogen-bond acceptors (Lipinski definition) is 6. The molecule has 1 aliphatic rings. The van der Waals surface area contributed by atoms with Crippen LogP contribution in [0.5, 0.6) is 0 Å². The Balaban J connectivity index is 1.27. The third kappa shape index (κ3) is 5.44. The predicted octanol–water partition coefficient (Wildman–Crippen LogP) is 6.83. The number of carbonyl (C=O) groups is 1. The van der Waals surface area contributed by atoms with Crippen LogP contribution in [0.3, 0.4) is 0 Å². The number of hydrogen-bond donors (Lipinski definition) is 0. The van der Waals surface area contributed by atoms with Crippen LogP contribution < -0.4 is 4.90 Å². The fourth-order valence-electron chi connectivity index (χ4n) is 5.75. The number of carbonyl (C=O) groups excluding carboxylic acids is 1. The summed E-state index contributed by atoms with van der Waals surface area (Å²) in [6.07, 6.45) is 1.28. The summed E-state index contributed by atoms with van der Waals surface area (Å²) in [6, 6.07) is 28.7. The number of amides is 1. The summed E-state index contributed by atoms with van der Waals surface area (Å²) in [4.78, 5) is 27.1. The highest BCUT2D eigenvalue weighted by Gasteiger charge is 2.26. The van der Waals surface area contributed by atoms with Gasteiger partial charge in [0.05, 0.1) is 0 Å². The molecule has 7 rings (SSSR count). The highest BCUT2D eigenvalue weighted by atomic mass is 19.1. The quantitative estimate of drug-likeness (QED) is 0.226. The van der Waals surface area contributed by atoms with Crippen LogP contribution in [0.25, 0.3) is 33.1 Å². The first-order valence-electron chi connectivity index (χ1n) is 14.5. The molecule has 0 spiro atoms. The molecule has 0 radical (unpaired) electrons. The first kappa shape index (κ1) is 26.8. The Hall–Kier alpha value is -5.11. The molecule has 0 N–H and O–H groups in total. The van der Waals surface area contributed by atoms with Gasteiger partial charge in [0.25, 0.3) is 11.6 Å². The summed E-state index contributed by atoms with van der Waals surface area (Å²) in [5, 5.41) is 7.51. The molecule has 1 amide bonds. The van der Waals surface area contributed by atoms with Crippen LogP contribution in [0.15, 0.2) is 95.5 Å². The molecule has 1 saturated heterocycles. The van der Waals surface area contributed by atoms with Crippen LogP contribution in [-0.2, 0) is 6.42 Å². The van der Waals surface area contributed by atoms with E-state index in [9.17, 15) is 9.18 Å². The van der Waals surface area contributed by atoms with Gasteiger partial charge in [0.15, 0.2) is 0 Å². The maximum atomic E-state index is 13.8. The van der Waals surface area contributed by atoms with Crippen LogP contribution in [0.2, 0.25) is 0 Å². The topological polar surface area (TPSA) is 75.4 Å². The van der Waals surface area contributed by atoms with Crippen LogP contribution in [0, 0.1) is 12.7 Å². The third-order valence-corrected chi connectivity index (χ3v) is 8.02. The van der Waals surface area contributed by atoms with Gasteiger partial charge in [0.1, 0.15) is 28.5 Å². The zero-order chi connectivity index (χ0) is 29.3. The van der Waals surface area contributed by atoms with E-state index < -0.39 is 5.82 Å². The van der Waals surface area contributed by atoms with Crippen molar-refractivity contribution >= 4 is 33.6 Å². The van der Waals surface area contributed by atoms with Crippen molar-refractivity contribution in [1.82, 2.24) is 20.0 Å². The molecule has 6 aromatic rings. The van der Waals surface area contributed by atoms with Gasteiger partial charge >= 0.3 is 0 Å². The van der Waals surface area contributed by atoms with Gasteiger partial charge in [0, 0.05) is 43.7 Å². The van der Waals surface area contributed by atoms with E-state index in [2.05, 4.69) is 65.5 Å². The van der Waals surface area contributed by atoms with Gasteiger partial charge in [0.2, 0.25) is 0 Å². The molecule has 8 heteroatoms. The summed E-state index contributed by atoms with van der Waals surface area (Å²) < 4.78 is 19.7. The van der Waals surface area contributed by atoms with E-state index in [0.717, 1.165) is 39.5 Å². The Labute approximate surface area is 248 Å². The lowest BCUT2D eigenvalue weighted by molar-refractivity contribution is 0.0766. The van der Waals surface area contributed by atoms with E-state index >= 15 is 0 Å². The van der Waals surface area contributed by atoms with Crippen LogP contribution in [0.1, 0.15) is 33.7 Å². The molecule has 0 unspecified atom stereocenters. The Morgan fingerprint density at radius 1 is 0.860 bits per heavy atom. The van der Waals surface area contributed by atoms with E-state index in [1.807, 2.05) is 18.2 Å². The fraction of sp³-hybridized carbons (Fsp3) is 0.200. The van der Waals surface area contributed by atoms with Crippen molar-refractivity contribution in [2.24, 2.45) is 0 Å². The van der Waals surface area contributed by atoms with Crippen LogP contribution in [0.4, 0.5) is 10.2 Å². The minimum Gasteiger partial charge on any atom is -0.354 e. The van der Waals surface area contributed by atoms with Crippen molar-refractivity contribution < 1.29 is 13.7 Å². The molecule has 1 fully saturated rings. The minimum absolute atomic E-state index is 0.170. The van der Waals surface area contributed by atoms with Gasteiger partial charge in [-0.25, -0.2) is 9.37 Å². The van der Waals surface area contributed by atoms with Gasteiger partial charge in [-0.2, -0.15) is 4.98 Å². The summed E-state index contributed by atoms with van der Waals surface area (Å²) in [5.74, 6) is 0.803. The summed E-state index contributed by atoms with van der Waals surface area (Å²) in [7, 11) is 0. The van der Waals surface area contributed by atoms with Crippen molar-refractivity contribution in [1.29, 1.82) is 0 Å². The lowest BCUT2D eigenvalue weighted by Gasteiger charge is -2.24. The number of halogens is 1. The largest absolute Gasteiger partial charge is 0.354 e. The smallest absolute Gasteiger partial charge is 0.263 e. The monoisotopic (exact) mass is 571 g/mol. The standard InChI is InChI=1S/C35H30FN5O2/c1-23-10-12-24(13-11-23)20-30-37-33(40-16-5-17-41(19-18-40)35(42)28-8-4-9-29(36)22-28)31-32(39-43-34(31)38-30)27-15-14-25-6-2-3-7-26(25)21-27/h2-4,6-15,21-22H,5,16-20H2,1H3. The SMILES string of the molecule is Cc1ccc(Cc2nc(N3CCCN(C(=O)c4cccc(F)c4)CC3)c3c(-c4ccc5ccccc5c4)noc3n2)cc1. The van der Waals surface area contributed by atoms with E-state index in [4.69, 9.17) is 14.5 Å². The maximum Gasteiger partial charge on any atom is 0.263 e. The minimum atomic E-state index is -0.416. The van der Waals surface area contributed by atoms with E-state index in [0.29, 0.717) is 55.4 Å². The fourth-order valence-corrected chi connectivity index (χ4v) is 5.75. The summed E-state index contributed by atoms with van der Waals surface area (Å²) in [6.45, 7) is 4.35. The number of fused-ring (bicyclic) bond motifs is 2. The number of rotatable bonds is 5. The second-order valence-electron chi connectivity index (χ2n) is 11.0. The second kappa shape index (κ2) is 11.3. The first-order valence-corrected chi connectivity index (χ1v) is 14.5. The molecule has 0 aliphatic carbocycles. The second-order valence-corrected chi connectivity index (χ2v) is 11.0. The summed E-state index contributed by atoms with van der Waals surface area (Å²) in [5.41, 5.74) is 4.70. The Morgan fingerprint density at radius 2 is 1.70 bits per heavy atom. The zero-order valence-corrected chi connectivity index (χ0v) is 23.8. The summed E-state index contributed by atoms with van der Waals surface area (Å²) >= 11 is 0. The van der Waals surface area contributed by atoms with Crippen molar-refractivity contribution in [2.75, 3.05) is 31.1 Å². The average molecular weight is 572 g/mol. The molecular formula is C35H30FN5O2. The third-order valence-electron chi connectivity index (χ3n) is 8.02. The molecule has 43 heavy (non-hydrogen) atoms. The van der Waals surface area contributed by atoms with E-state index in [1.54, 1.807) is 17.0 Å². The molecule has 7 nitrogen and oxygen atoms in total. The van der Waals surface area contributed by atoms with Gasteiger partial charge in [-0.1, -0.05) is 77.5 Å². The molecular weight excluding hydrogens is 541 g/mol. The molecule has 214 valence electrons. The highest BCUT2D eigenvalue weighted by Crippen LogP contribution is 2.35. The Kier molecular flexibility index (Phi) is 7.02. The maximum absolute atomic E-state index is 13.8. The van der Waals surface area contributed by atoms with E-state index in [-0.39, 0.29) is 5.91 Å². The molecule has 2 aromatic heterocycles. The van der Waals surface area contributed by atoms with Crippen LogP contribution in [-0.4, -0.2) is 52.1 Å². The van der Waals surface area contributed by atoms with Crippen molar-refractivity contribution in [3.63, 3.8) is 0 Å². The molecule has 1 aliphatic heterocycles.